The van der Waals surface area contributed by atoms with Crippen LogP contribution in [0.15, 0.2) is 0 Å². The van der Waals surface area contributed by atoms with Crippen molar-refractivity contribution in [2.24, 2.45) is 5.73 Å². The van der Waals surface area contributed by atoms with Crippen molar-refractivity contribution in [1.82, 2.24) is 47.9 Å². The van der Waals surface area contributed by atoms with Crippen LogP contribution < -0.4 is 82.3 Å². The maximum absolute atomic E-state index is 13.3. The molecule has 0 aliphatic carbocycles. The second-order valence-electron chi connectivity index (χ2n) is 27.6. The number of unbranched alkanes of at least 4 members (excludes halogenated alkanes) is 29. The summed E-state index contributed by atoms with van der Waals surface area (Å²) in [6.45, 7) is 8.10. The zero-order valence-corrected chi connectivity index (χ0v) is 62.6. The molecule has 0 rings (SSSR count). The molecule has 0 aromatic rings. The fraction of sp³-hybridized carbons (Fsp3) is 0.865. The van der Waals surface area contributed by atoms with Crippen molar-refractivity contribution in [2.45, 2.75) is 352 Å². The Morgan fingerprint density at radius 2 is 0.424 bits per heavy atom. The van der Waals surface area contributed by atoms with Gasteiger partial charge in [0.25, 0.3) is 0 Å². The van der Waals surface area contributed by atoms with E-state index in [2.05, 4.69) is 83.4 Å². The Kier molecular flexibility index (Phi) is 64.5. The Bertz CT molecular complexity index is 2100. The topological polar surface area (TPSA) is 443 Å². The zero-order chi connectivity index (χ0) is 73.0. The van der Waals surface area contributed by atoms with E-state index < -0.39 is 36.1 Å². The van der Waals surface area contributed by atoms with Gasteiger partial charge in [0.05, 0.1) is 32.7 Å². The van der Waals surface area contributed by atoms with Crippen LogP contribution in [0.4, 0.5) is 0 Å². The first-order valence-corrected chi connectivity index (χ1v) is 39.9. The predicted octanol–water partition coefficient (Wildman–Crippen LogP) is 3.70. The molecule has 10 amide bonds. The van der Waals surface area contributed by atoms with Gasteiger partial charge in [-0.1, -0.05) is 135 Å². The van der Waals surface area contributed by atoms with Gasteiger partial charge < -0.3 is 82.3 Å². The molecule has 0 saturated heterocycles. The maximum atomic E-state index is 13.3. The van der Waals surface area contributed by atoms with Gasteiger partial charge in [0.2, 0.25) is 59.1 Å². The molecule has 5 atom stereocenters. The van der Waals surface area contributed by atoms with Gasteiger partial charge in [-0.2, -0.15) is 0 Å². The van der Waals surface area contributed by atoms with E-state index in [1.165, 1.54) is 38.5 Å². The highest BCUT2D eigenvalue weighted by Crippen LogP contribution is 2.15. The van der Waals surface area contributed by atoms with Gasteiger partial charge in [0.1, 0.15) is 30.2 Å². The number of nitrogens with one attached hydrogen (secondary N) is 9. The number of carbonyl (C=O) groups excluding carboxylic acids is 10. The lowest BCUT2D eigenvalue weighted by atomic mass is 10.1. The van der Waals surface area contributed by atoms with Crippen molar-refractivity contribution < 1.29 is 76.6 Å². The van der Waals surface area contributed by atoms with E-state index >= 15 is 0 Å². The van der Waals surface area contributed by atoms with Gasteiger partial charge in [-0.25, -0.2) is 0 Å². The molecule has 0 bridgehead atoms. The van der Waals surface area contributed by atoms with E-state index in [0.717, 1.165) is 219 Å². The van der Waals surface area contributed by atoms with Gasteiger partial charge in [-0.3, -0.25) is 47.9 Å². The molecule has 0 aromatic heterocycles. The lowest BCUT2D eigenvalue weighted by molar-refractivity contribution is -0.368. The van der Waals surface area contributed by atoms with Crippen molar-refractivity contribution in [2.75, 3.05) is 58.9 Å². The van der Waals surface area contributed by atoms with Crippen molar-refractivity contribution in [3.63, 3.8) is 0 Å². The first kappa shape index (κ1) is 93.5. The van der Waals surface area contributed by atoms with Crippen LogP contribution in [0, 0.1) is 0 Å². The van der Waals surface area contributed by atoms with Crippen molar-refractivity contribution in [1.29, 1.82) is 0 Å². The Hall–Kier alpha value is -5.50. The molecule has 0 saturated carbocycles. The molecule has 0 fully saturated rings. The Balaban J connectivity index is 4.56. The molecule has 25 heteroatoms. The minimum atomic E-state index is -0.645. The molecule has 0 aromatic carbocycles. The molecule has 0 spiro atoms. The normalized spacial score (nSPS) is 12.7. The third kappa shape index (κ3) is 57.8. The highest BCUT2D eigenvalue weighted by atomic mass is 16.2. The number of amides is 10. The summed E-state index contributed by atoms with van der Waals surface area (Å²) < 4.78 is 0. The van der Waals surface area contributed by atoms with Crippen molar-refractivity contribution in [3.05, 3.63) is 0 Å². The fourth-order valence-electron chi connectivity index (χ4n) is 12.0. The Morgan fingerprint density at radius 1 is 0.242 bits per heavy atom. The molecule has 25 nitrogen and oxygen atoms in total. The Morgan fingerprint density at radius 3 is 0.626 bits per heavy atom. The number of quaternary nitrogens is 5. The van der Waals surface area contributed by atoms with Gasteiger partial charge in [-0.05, 0) is 154 Å². The summed E-state index contributed by atoms with van der Waals surface area (Å²) in [5, 5.41) is 26.8. The summed E-state index contributed by atoms with van der Waals surface area (Å²) in [6.07, 6.45) is 40.1. The van der Waals surface area contributed by atoms with Gasteiger partial charge in [0, 0.05) is 58.3 Å². The largest absolute Gasteiger partial charge is 0.368 e. The highest BCUT2D eigenvalue weighted by molar-refractivity contribution is 5.90. The summed E-state index contributed by atoms with van der Waals surface area (Å²) in [5.74, 6) is -1.81. The monoisotopic (exact) mass is 1410 g/mol. The average molecular weight is 1410 g/mol. The van der Waals surface area contributed by atoms with Crippen LogP contribution in [0.3, 0.4) is 0 Å². The summed E-state index contributed by atoms with van der Waals surface area (Å²) in [7, 11) is 0. The molecule has 99 heavy (non-hydrogen) atoms. The number of carbonyl (C=O) groups is 10. The van der Waals surface area contributed by atoms with Crippen LogP contribution in [0.2, 0.25) is 0 Å². The van der Waals surface area contributed by atoms with E-state index in [1.807, 2.05) is 0 Å². The van der Waals surface area contributed by atoms with Crippen LogP contribution >= 0.6 is 0 Å². The van der Waals surface area contributed by atoms with E-state index in [4.69, 9.17) is 5.73 Å². The summed E-state index contributed by atoms with van der Waals surface area (Å²) in [5.41, 5.74) is 24.9. The fourth-order valence-corrected chi connectivity index (χ4v) is 12.0. The minimum absolute atomic E-state index is 0.0506. The molecular formula is C74H150N15O10+5. The number of rotatable bonds is 72. The molecule has 0 aliphatic rings. The molecule has 0 heterocycles. The Labute approximate surface area is 597 Å². The van der Waals surface area contributed by atoms with Crippen LogP contribution in [0.25, 0.3) is 0 Å². The summed E-state index contributed by atoms with van der Waals surface area (Å²) in [6, 6.07) is -2.98. The zero-order valence-electron chi connectivity index (χ0n) is 62.6. The minimum Gasteiger partial charge on any atom is -0.368 e. The molecule has 5 unspecified atom stereocenters. The molecule has 0 aliphatic heterocycles. The first-order valence-electron chi connectivity index (χ1n) is 39.9. The number of primary amides is 1. The standard InChI is InChI=1S/C74H145N15O10/c1-2-3-4-5-6-7-8-13-22-47-66(91)86-61(42-28-33-52-76)71(96)82-57-38-19-10-15-24-49-68(93)88-63(44-30-35-54-78)73(98)84-59-40-21-12-17-26-50-69(94)89-64(45-31-36-55-79)74(99)83-58-39-20-11-16-25-48-67(92)87-62(43-29-34-53-77)72(97)81-56-37-18-9-14-23-46-65(90)85-60(70(80)95)41-27-32-51-75/h60-64H,2-59,75-79H2,1H3,(H2,80,95)(H,81,97)(H,82,96)(H,83,99)(H,84,98)(H,85,90)(H,86,91)(H,87,92)(H,88,93)(H,89,94)/p+5. The molecular weight excluding hydrogens is 1260 g/mol. The van der Waals surface area contributed by atoms with E-state index in [0.29, 0.717) is 116 Å². The van der Waals surface area contributed by atoms with Gasteiger partial charge in [0.15, 0.2) is 0 Å². The lowest BCUT2D eigenvalue weighted by Crippen LogP contribution is -2.50. The molecule has 26 N–H and O–H groups in total. The highest BCUT2D eigenvalue weighted by Gasteiger charge is 2.25. The first-order chi connectivity index (χ1) is 48.1. The van der Waals surface area contributed by atoms with E-state index in [-0.39, 0.29) is 53.2 Å². The third-order valence-electron chi connectivity index (χ3n) is 18.3. The average Bonchev–Trinajstić information content (AvgIpc) is 2.53. The second kappa shape index (κ2) is 68.3. The summed E-state index contributed by atoms with van der Waals surface area (Å²) in [4.78, 5) is 129. The van der Waals surface area contributed by atoms with Crippen LogP contribution in [0.5, 0.6) is 0 Å². The van der Waals surface area contributed by atoms with E-state index in [9.17, 15) is 47.9 Å². The quantitative estimate of drug-likeness (QED) is 0.0392. The predicted molar refractivity (Wildman–Crippen MR) is 392 cm³/mol. The van der Waals surface area contributed by atoms with Crippen LogP contribution in [0.1, 0.15) is 322 Å². The number of nitrogens with two attached hydrogens (primary N) is 1. The van der Waals surface area contributed by atoms with Crippen LogP contribution in [-0.2, 0) is 47.9 Å². The second-order valence-corrected chi connectivity index (χ2v) is 27.6. The molecule has 0 radical (unpaired) electrons. The third-order valence-corrected chi connectivity index (χ3v) is 18.3. The van der Waals surface area contributed by atoms with Crippen LogP contribution in [-0.4, -0.2) is 148 Å². The molecule has 576 valence electrons. The lowest BCUT2D eigenvalue weighted by Gasteiger charge is -2.19. The van der Waals surface area contributed by atoms with Crippen molar-refractivity contribution >= 4 is 59.1 Å². The maximum Gasteiger partial charge on any atom is 0.242 e. The SMILES string of the molecule is CCCCCCCCCCCC(=O)NC(CCCC[NH3+])C(=O)NCCCCCCCC(=O)NC(CCCC[NH3+])C(=O)NCCCCCCCC(=O)NC(CCCC[NH3+])C(=O)NCCCCCCCC(=O)NC(CCCC[NH3+])C(=O)NCCCCCCCC(=O)NC(CCCC[NH3+])C(N)=O. The number of hydrogen-bond donors (Lipinski definition) is 15. The van der Waals surface area contributed by atoms with Gasteiger partial charge >= 0.3 is 0 Å². The van der Waals surface area contributed by atoms with E-state index in [1.54, 1.807) is 0 Å². The smallest absolute Gasteiger partial charge is 0.242 e. The summed E-state index contributed by atoms with van der Waals surface area (Å²) >= 11 is 0. The van der Waals surface area contributed by atoms with Gasteiger partial charge in [-0.15, -0.1) is 0 Å². The number of hydrogen-bond acceptors (Lipinski definition) is 10. The van der Waals surface area contributed by atoms with Crippen molar-refractivity contribution in [3.8, 4) is 0 Å².